The highest BCUT2D eigenvalue weighted by molar-refractivity contribution is 5.78. The van der Waals surface area contributed by atoms with Crippen LogP contribution in [0.2, 0.25) is 0 Å². The Morgan fingerprint density at radius 3 is 2.73 bits per heavy atom. The van der Waals surface area contributed by atoms with Gasteiger partial charge in [-0.3, -0.25) is 0 Å². The molecule has 1 aliphatic heterocycles. The lowest BCUT2D eigenvalue weighted by atomic mass is 10.1. The van der Waals surface area contributed by atoms with Gasteiger partial charge in [-0.25, -0.2) is 9.37 Å². The molecule has 0 radical (unpaired) electrons. The zero-order valence-electron chi connectivity index (χ0n) is 15.8. The van der Waals surface area contributed by atoms with Crippen molar-refractivity contribution in [2.24, 2.45) is 5.92 Å². The number of fused-ring (bicyclic) bond motifs is 1. The highest BCUT2D eigenvalue weighted by atomic mass is 19.1. The molecule has 5 heteroatoms. The van der Waals surface area contributed by atoms with E-state index in [4.69, 9.17) is 4.98 Å². The molecule has 3 rings (SSSR count). The zero-order valence-corrected chi connectivity index (χ0v) is 15.8. The van der Waals surface area contributed by atoms with Crippen molar-refractivity contribution in [2.75, 3.05) is 31.1 Å². The molecule has 1 atom stereocenters. The number of aromatic nitrogens is 2. The Kier molecular flexibility index (Phi) is 6.45. The van der Waals surface area contributed by atoms with Crippen molar-refractivity contribution in [3.8, 4) is 0 Å². The van der Waals surface area contributed by atoms with E-state index in [-0.39, 0.29) is 11.7 Å². The number of anilines is 1. The van der Waals surface area contributed by atoms with Crippen LogP contribution in [0.3, 0.4) is 0 Å². The van der Waals surface area contributed by atoms with E-state index in [1.807, 2.05) is 12.1 Å². The van der Waals surface area contributed by atoms with Crippen molar-refractivity contribution in [2.45, 2.75) is 33.2 Å². The lowest BCUT2D eigenvalue weighted by Crippen LogP contribution is -2.35. The van der Waals surface area contributed by atoms with Gasteiger partial charge in [-0.15, -0.1) is 0 Å². The van der Waals surface area contributed by atoms with Crippen molar-refractivity contribution >= 4 is 17.0 Å². The standard InChI is InChI=1S/C21H29FN4/c1-3-18(22)11-10-17(2)16-26-20-9-5-4-8-19(20)24-21(26)25-14-6-12-23-13-7-15-25/h3-5,8-11,17,23H,6-7,12-16H2,1-2H3/b11-10-,18-3+. The number of nitrogens with zero attached hydrogens (tertiary/aromatic N) is 3. The van der Waals surface area contributed by atoms with Crippen molar-refractivity contribution in [3.05, 3.63) is 48.3 Å². The van der Waals surface area contributed by atoms with Gasteiger partial charge in [0.15, 0.2) is 0 Å². The lowest BCUT2D eigenvalue weighted by Gasteiger charge is -2.27. The maximum atomic E-state index is 13.4. The second-order valence-electron chi connectivity index (χ2n) is 6.97. The molecule has 0 spiro atoms. The summed E-state index contributed by atoms with van der Waals surface area (Å²) in [6, 6.07) is 8.29. The Morgan fingerprint density at radius 1 is 1.27 bits per heavy atom. The van der Waals surface area contributed by atoms with E-state index in [9.17, 15) is 4.39 Å². The Morgan fingerprint density at radius 2 is 2.00 bits per heavy atom. The molecule has 2 aromatic rings. The molecule has 1 aliphatic rings. The van der Waals surface area contributed by atoms with Crippen LogP contribution in [0, 0.1) is 5.92 Å². The summed E-state index contributed by atoms with van der Waals surface area (Å²) < 4.78 is 15.7. The minimum absolute atomic E-state index is 0.191. The molecule has 0 bridgehead atoms. The Hall–Kier alpha value is -2.14. The van der Waals surface area contributed by atoms with E-state index in [2.05, 4.69) is 39.9 Å². The fourth-order valence-electron chi connectivity index (χ4n) is 3.41. The molecule has 1 unspecified atom stereocenters. The monoisotopic (exact) mass is 356 g/mol. The summed E-state index contributed by atoms with van der Waals surface area (Å²) in [5.41, 5.74) is 2.17. The molecule has 1 N–H and O–H groups in total. The Bertz CT molecular complexity index is 769. The summed E-state index contributed by atoms with van der Waals surface area (Å²) in [4.78, 5) is 7.34. The van der Waals surface area contributed by atoms with Gasteiger partial charge in [0, 0.05) is 19.6 Å². The number of rotatable bonds is 5. The average molecular weight is 356 g/mol. The highest BCUT2D eigenvalue weighted by Crippen LogP contribution is 2.25. The van der Waals surface area contributed by atoms with Crippen LogP contribution < -0.4 is 10.2 Å². The van der Waals surface area contributed by atoms with Gasteiger partial charge in [0.2, 0.25) is 5.95 Å². The van der Waals surface area contributed by atoms with Crippen molar-refractivity contribution in [1.29, 1.82) is 0 Å². The summed E-state index contributed by atoms with van der Waals surface area (Å²) in [6.07, 6.45) is 7.21. The van der Waals surface area contributed by atoms with Gasteiger partial charge in [0.1, 0.15) is 5.83 Å². The number of nitrogens with one attached hydrogen (secondary N) is 1. The molecule has 1 aromatic heterocycles. The number of hydrogen-bond donors (Lipinski definition) is 1. The first kappa shape index (κ1) is 18.6. The van der Waals surface area contributed by atoms with E-state index < -0.39 is 0 Å². The van der Waals surface area contributed by atoms with E-state index in [1.54, 1.807) is 13.0 Å². The highest BCUT2D eigenvalue weighted by Gasteiger charge is 2.18. The first-order chi connectivity index (χ1) is 12.7. The van der Waals surface area contributed by atoms with Gasteiger partial charge in [-0.1, -0.05) is 31.2 Å². The Balaban J connectivity index is 1.90. The largest absolute Gasteiger partial charge is 0.342 e. The van der Waals surface area contributed by atoms with E-state index in [0.29, 0.717) is 0 Å². The third-order valence-electron chi connectivity index (χ3n) is 4.81. The SMILES string of the molecule is C/C=C(F)\C=C/C(C)Cn1c(N2CCCNCCC2)nc2ccccc21. The molecule has 140 valence electrons. The van der Waals surface area contributed by atoms with Gasteiger partial charge in [0.25, 0.3) is 0 Å². The summed E-state index contributed by atoms with van der Waals surface area (Å²) in [7, 11) is 0. The number of benzene rings is 1. The van der Waals surface area contributed by atoms with Gasteiger partial charge in [-0.2, -0.15) is 0 Å². The number of halogens is 1. The fraction of sp³-hybridized carbons (Fsp3) is 0.476. The third-order valence-corrected chi connectivity index (χ3v) is 4.81. The molecule has 0 saturated carbocycles. The van der Waals surface area contributed by atoms with Crippen LogP contribution in [-0.2, 0) is 6.54 Å². The van der Waals surface area contributed by atoms with Crippen LogP contribution >= 0.6 is 0 Å². The van der Waals surface area contributed by atoms with E-state index in [0.717, 1.165) is 62.5 Å². The van der Waals surface area contributed by atoms with E-state index >= 15 is 0 Å². The first-order valence-corrected chi connectivity index (χ1v) is 9.60. The number of imidazole rings is 1. The smallest absolute Gasteiger partial charge is 0.206 e. The predicted octanol–water partition coefficient (Wildman–Crippen LogP) is 4.29. The number of para-hydroxylation sites is 2. The summed E-state index contributed by atoms with van der Waals surface area (Å²) in [6.45, 7) is 8.74. The number of allylic oxidation sites excluding steroid dienone is 4. The zero-order chi connectivity index (χ0) is 18.4. The van der Waals surface area contributed by atoms with Crippen molar-refractivity contribution in [1.82, 2.24) is 14.9 Å². The van der Waals surface area contributed by atoms with Crippen LogP contribution in [0.15, 0.2) is 48.3 Å². The Labute approximate surface area is 155 Å². The molecule has 1 saturated heterocycles. The minimum Gasteiger partial charge on any atom is -0.342 e. The molecule has 2 heterocycles. The molecule has 0 amide bonds. The van der Waals surface area contributed by atoms with Gasteiger partial charge in [-0.05, 0) is 57.0 Å². The van der Waals surface area contributed by atoms with Crippen molar-refractivity contribution < 1.29 is 4.39 Å². The molecular weight excluding hydrogens is 327 g/mol. The van der Waals surface area contributed by atoms with Crippen LogP contribution in [-0.4, -0.2) is 35.7 Å². The van der Waals surface area contributed by atoms with Gasteiger partial charge >= 0.3 is 0 Å². The maximum absolute atomic E-state index is 13.4. The fourth-order valence-corrected chi connectivity index (χ4v) is 3.41. The van der Waals surface area contributed by atoms with Crippen molar-refractivity contribution in [3.63, 3.8) is 0 Å². The normalized spacial score (nSPS) is 18.3. The van der Waals surface area contributed by atoms with Crippen LogP contribution in [0.1, 0.15) is 26.7 Å². The summed E-state index contributed by atoms with van der Waals surface area (Å²) >= 11 is 0. The molecule has 4 nitrogen and oxygen atoms in total. The quantitative estimate of drug-likeness (QED) is 0.811. The number of hydrogen-bond acceptors (Lipinski definition) is 3. The minimum atomic E-state index is -0.191. The second-order valence-corrected chi connectivity index (χ2v) is 6.97. The average Bonchev–Trinajstić information content (AvgIpc) is 2.98. The summed E-state index contributed by atoms with van der Waals surface area (Å²) in [5.74, 6) is 1.07. The predicted molar refractivity (Wildman–Crippen MR) is 107 cm³/mol. The van der Waals surface area contributed by atoms with Crippen LogP contribution in [0.5, 0.6) is 0 Å². The molecular formula is C21H29FN4. The lowest BCUT2D eigenvalue weighted by molar-refractivity contribution is 0.535. The maximum Gasteiger partial charge on any atom is 0.206 e. The first-order valence-electron chi connectivity index (χ1n) is 9.60. The van der Waals surface area contributed by atoms with Crippen LogP contribution in [0.25, 0.3) is 11.0 Å². The van der Waals surface area contributed by atoms with Gasteiger partial charge in [0.05, 0.1) is 11.0 Å². The molecule has 1 aromatic carbocycles. The van der Waals surface area contributed by atoms with Crippen LogP contribution in [0.4, 0.5) is 10.3 Å². The molecule has 26 heavy (non-hydrogen) atoms. The topological polar surface area (TPSA) is 33.1 Å². The molecule has 1 fully saturated rings. The second kappa shape index (κ2) is 8.99. The molecule has 0 aliphatic carbocycles. The van der Waals surface area contributed by atoms with E-state index in [1.165, 1.54) is 6.08 Å². The van der Waals surface area contributed by atoms with Gasteiger partial charge < -0.3 is 14.8 Å². The summed E-state index contributed by atoms with van der Waals surface area (Å²) in [5, 5.41) is 3.46. The third kappa shape index (κ3) is 4.52.